The number of Topliss-reactive ketones (excluding diaryl/α,β-unsaturated/α-hetero) is 1. The molecule has 0 unspecified atom stereocenters. The van der Waals surface area contributed by atoms with Crippen LogP contribution in [0.15, 0.2) is 36.1 Å². The van der Waals surface area contributed by atoms with Gasteiger partial charge in [-0.05, 0) is 39.3 Å². The third-order valence-electron chi connectivity index (χ3n) is 3.52. The molecule has 1 aromatic rings. The molecule has 0 saturated carbocycles. The molecule has 1 aliphatic heterocycles. The first-order chi connectivity index (χ1) is 11.2. The van der Waals surface area contributed by atoms with E-state index in [0.717, 1.165) is 11.1 Å². The van der Waals surface area contributed by atoms with Gasteiger partial charge in [0, 0.05) is 12.8 Å². The number of alkyl carbamates (subject to hydrolysis) is 1. The summed E-state index contributed by atoms with van der Waals surface area (Å²) in [5, 5.41) is 2.68. The van der Waals surface area contributed by atoms with Gasteiger partial charge in [-0.15, -0.1) is 0 Å². The van der Waals surface area contributed by atoms with Crippen LogP contribution in [0.2, 0.25) is 0 Å². The van der Waals surface area contributed by atoms with Gasteiger partial charge in [-0.1, -0.05) is 29.8 Å². The maximum absolute atomic E-state index is 12.7. The summed E-state index contributed by atoms with van der Waals surface area (Å²) in [5.74, 6) is 0.0992. The summed E-state index contributed by atoms with van der Waals surface area (Å²) in [7, 11) is 0. The number of carbonyl (C=O) groups excluding carboxylic acids is 2. The monoisotopic (exact) mass is 331 g/mol. The van der Waals surface area contributed by atoms with Crippen LogP contribution >= 0.6 is 0 Å². The van der Waals surface area contributed by atoms with Gasteiger partial charge in [0.05, 0.1) is 6.61 Å². The molecular weight excluding hydrogens is 306 g/mol. The highest BCUT2D eigenvalue weighted by molar-refractivity contribution is 5.99. The molecule has 24 heavy (non-hydrogen) atoms. The summed E-state index contributed by atoms with van der Waals surface area (Å²) in [6.07, 6.45) is 2.26. The van der Waals surface area contributed by atoms with Crippen molar-refractivity contribution in [2.45, 2.75) is 52.2 Å². The normalized spacial score (nSPS) is 15.2. The molecule has 1 N–H and O–H groups in total. The van der Waals surface area contributed by atoms with Gasteiger partial charge in [0.25, 0.3) is 0 Å². The van der Waals surface area contributed by atoms with Gasteiger partial charge in [0.2, 0.25) is 5.78 Å². The number of rotatable bonds is 5. The van der Waals surface area contributed by atoms with E-state index < -0.39 is 17.7 Å². The Balaban J connectivity index is 2.12. The number of ketones is 1. The third kappa shape index (κ3) is 5.41. The molecular formula is C19H25NO4. The van der Waals surface area contributed by atoms with E-state index in [1.54, 1.807) is 26.8 Å². The first-order valence-electron chi connectivity index (χ1n) is 8.17. The molecule has 1 aliphatic rings. The average Bonchev–Trinajstić information content (AvgIpc) is 3.00. The standard InChI is InChI=1S/C19H25NO4/c1-13-7-9-14(10-8-13)12-15(17(21)16-6-5-11-23-16)20-18(22)24-19(2,3)4/h6-10,15H,5,11-12H2,1-4H3,(H,20,22)/t15-/m0/s1. The van der Waals surface area contributed by atoms with Gasteiger partial charge in [-0.2, -0.15) is 0 Å². The molecule has 5 heteroatoms. The highest BCUT2D eigenvalue weighted by Gasteiger charge is 2.28. The van der Waals surface area contributed by atoms with Crippen LogP contribution in [-0.2, 0) is 20.7 Å². The summed E-state index contributed by atoms with van der Waals surface area (Å²) >= 11 is 0. The van der Waals surface area contributed by atoms with Crippen molar-refractivity contribution < 1.29 is 19.1 Å². The lowest BCUT2D eigenvalue weighted by Gasteiger charge is -2.23. The molecule has 1 aromatic carbocycles. The molecule has 0 fully saturated rings. The highest BCUT2D eigenvalue weighted by Crippen LogP contribution is 2.16. The highest BCUT2D eigenvalue weighted by atomic mass is 16.6. The van der Waals surface area contributed by atoms with Crippen molar-refractivity contribution >= 4 is 11.9 Å². The molecule has 0 radical (unpaired) electrons. The Bertz CT molecular complexity index is 626. The molecule has 130 valence electrons. The number of carbonyl (C=O) groups is 2. The second kappa shape index (κ2) is 7.51. The molecule has 0 spiro atoms. The molecule has 1 atom stereocenters. The lowest BCUT2D eigenvalue weighted by molar-refractivity contribution is -0.120. The van der Waals surface area contributed by atoms with Crippen molar-refractivity contribution in [3.05, 3.63) is 47.2 Å². The maximum atomic E-state index is 12.7. The number of benzene rings is 1. The smallest absolute Gasteiger partial charge is 0.408 e. The summed E-state index contributed by atoms with van der Waals surface area (Å²) in [5.41, 5.74) is 1.49. The largest absolute Gasteiger partial charge is 0.490 e. The Kier molecular flexibility index (Phi) is 5.65. The van der Waals surface area contributed by atoms with Crippen LogP contribution in [0.3, 0.4) is 0 Å². The quantitative estimate of drug-likeness (QED) is 0.899. The molecule has 1 heterocycles. The summed E-state index contributed by atoms with van der Waals surface area (Å²) < 4.78 is 10.6. The number of nitrogens with one attached hydrogen (secondary N) is 1. The fourth-order valence-corrected chi connectivity index (χ4v) is 2.38. The number of hydrogen-bond donors (Lipinski definition) is 1. The molecule has 0 saturated heterocycles. The van der Waals surface area contributed by atoms with Crippen molar-refractivity contribution in [3.63, 3.8) is 0 Å². The SMILES string of the molecule is Cc1ccc(C[C@H](NC(=O)OC(C)(C)C)C(=O)C2=CCCO2)cc1. The zero-order valence-corrected chi connectivity index (χ0v) is 14.7. The third-order valence-corrected chi connectivity index (χ3v) is 3.52. The van der Waals surface area contributed by atoms with Gasteiger partial charge in [0.15, 0.2) is 5.76 Å². The van der Waals surface area contributed by atoms with E-state index in [0.29, 0.717) is 25.2 Å². The van der Waals surface area contributed by atoms with Crippen LogP contribution < -0.4 is 5.32 Å². The maximum Gasteiger partial charge on any atom is 0.408 e. The number of amides is 1. The molecule has 0 aromatic heterocycles. The lowest BCUT2D eigenvalue weighted by atomic mass is 10.0. The van der Waals surface area contributed by atoms with Gasteiger partial charge in [-0.3, -0.25) is 4.79 Å². The van der Waals surface area contributed by atoms with Gasteiger partial charge >= 0.3 is 6.09 Å². The zero-order valence-electron chi connectivity index (χ0n) is 14.7. The topological polar surface area (TPSA) is 64.6 Å². The molecule has 0 bridgehead atoms. The van der Waals surface area contributed by atoms with Crippen molar-refractivity contribution in [2.75, 3.05) is 6.61 Å². The molecule has 5 nitrogen and oxygen atoms in total. The molecule has 2 rings (SSSR count). The lowest BCUT2D eigenvalue weighted by Crippen LogP contribution is -2.45. The first kappa shape index (κ1) is 18.0. The summed E-state index contributed by atoms with van der Waals surface area (Å²) in [6.45, 7) is 7.86. The predicted octanol–water partition coefficient (Wildman–Crippen LogP) is 3.30. The van der Waals surface area contributed by atoms with Gasteiger partial charge in [0.1, 0.15) is 11.6 Å². The second-order valence-electron chi connectivity index (χ2n) is 6.96. The first-order valence-corrected chi connectivity index (χ1v) is 8.17. The Labute approximate surface area is 143 Å². The minimum absolute atomic E-state index is 0.223. The van der Waals surface area contributed by atoms with Crippen LogP contribution in [0.1, 0.15) is 38.3 Å². The van der Waals surface area contributed by atoms with E-state index in [2.05, 4.69) is 5.32 Å². The van der Waals surface area contributed by atoms with Gasteiger partial charge < -0.3 is 14.8 Å². The fraction of sp³-hybridized carbons (Fsp3) is 0.474. The van der Waals surface area contributed by atoms with Crippen molar-refractivity contribution in [3.8, 4) is 0 Å². The Morgan fingerprint density at radius 3 is 2.46 bits per heavy atom. The molecule has 1 amide bonds. The average molecular weight is 331 g/mol. The van der Waals surface area contributed by atoms with E-state index >= 15 is 0 Å². The Morgan fingerprint density at radius 1 is 1.25 bits per heavy atom. The Hall–Kier alpha value is -2.30. The fourth-order valence-electron chi connectivity index (χ4n) is 2.38. The van der Waals surface area contributed by atoms with Crippen molar-refractivity contribution in [2.24, 2.45) is 0 Å². The zero-order chi connectivity index (χ0) is 17.7. The van der Waals surface area contributed by atoms with E-state index in [1.807, 2.05) is 31.2 Å². The van der Waals surface area contributed by atoms with Crippen molar-refractivity contribution in [1.29, 1.82) is 0 Å². The van der Waals surface area contributed by atoms with E-state index in [-0.39, 0.29) is 5.78 Å². The van der Waals surface area contributed by atoms with Crippen LogP contribution in [0, 0.1) is 6.92 Å². The molecule has 0 aliphatic carbocycles. The van der Waals surface area contributed by atoms with Crippen LogP contribution in [-0.4, -0.2) is 30.1 Å². The number of ether oxygens (including phenoxy) is 2. The Morgan fingerprint density at radius 2 is 1.92 bits per heavy atom. The minimum Gasteiger partial charge on any atom is -0.490 e. The van der Waals surface area contributed by atoms with Crippen molar-refractivity contribution in [1.82, 2.24) is 5.32 Å². The van der Waals surface area contributed by atoms with E-state index in [1.165, 1.54) is 0 Å². The number of aryl methyl sites for hydroxylation is 1. The minimum atomic E-state index is -0.716. The van der Waals surface area contributed by atoms with E-state index in [4.69, 9.17) is 9.47 Å². The van der Waals surface area contributed by atoms with Gasteiger partial charge in [-0.25, -0.2) is 4.79 Å². The van der Waals surface area contributed by atoms with Crippen LogP contribution in [0.4, 0.5) is 4.79 Å². The predicted molar refractivity (Wildman–Crippen MR) is 91.7 cm³/mol. The number of hydrogen-bond acceptors (Lipinski definition) is 4. The van der Waals surface area contributed by atoms with Crippen LogP contribution in [0.5, 0.6) is 0 Å². The summed E-state index contributed by atoms with van der Waals surface area (Å²) in [6, 6.07) is 7.16. The van der Waals surface area contributed by atoms with E-state index in [9.17, 15) is 9.59 Å². The second-order valence-corrected chi connectivity index (χ2v) is 6.96. The van der Waals surface area contributed by atoms with Crippen LogP contribution in [0.25, 0.3) is 0 Å². The summed E-state index contributed by atoms with van der Waals surface area (Å²) in [4.78, 5) is 24.7.